The summed E-state index contributed by atoms with van der Waals surface area (Å²) >= 11 is 1.46. The zero-order valence-corrected chi connectivity index (χ0v) is 14.9. The molecule has 0 N–H and O–H groups in total. The van der Waals surface area contributed by atoms with Gasteiger partial charge in [0.15, 0.2) is 5.16 Å². The number of hydrogen-bond acceptors (Lipinski definition) is 5. The van der Waals surface area contributed by atoms with Crippen LogP contribution in [0.2, 0.25) is 0 Å². The molecule has 1 aromatic rings. The summed E-state index contributed by atoms with van der Waals surface area (Å²) in [7, 11) is 0. The molecule has 3 heterocycles. The average Bonchev–Trinajstić information content (AvgIpc) is 3.06. The van der Waals surface area contributed by atoms with Gasteiger partial charge in [0.25, 0.3) is 0 Å². The smallest absolute Gasteiger partial charge is 0.233 e. The molecule has 126 valence electrons. The Morgan fingerprint density at radius 3 is 2.57 bits per heavy atom. The van der Waals surface area contributed by atoms with Crippen molar-refractivity contribution in [3.8, 4) is 0 Å². The Hall–Kier alpha value is -1.14. The minimum atomic E-state index is 0.224. The van der Waals surface area contributed by atoms with Crippen molar-refractivity contribution >= 4 is 17.7 Å². The summed E-state index contributed by atoms with van der Waals surface area (Å²) in [6.45, 7) is 8.14. The lowest BCUT2D eigenvalue weighted by molar-refractivity contribution is -0.130. The van der Waals surface area contributed by atoms with Crippen LogP contribution in [0, 0.1) is 13.8 Å². The number of aromatic nitrogens is 2. The fourth-order valence-corrected chi connectivity index (χ4v) is 4.41. The number of thioether (sulfide) groups is 1. The molecule has 1 amide bonds. The summed E-state index contributed by atoms with van der Waals surface area (Å²) in [4.78, 5) is 25.9. The van der Waals surface area contributed by atoms with E-state index in [-0.39, 0.29) is 5.91 Å². The highest BCUT2D eigenvalue weighted by Gasteiger charge is 2.29. The van der Waals surface area contributed by atoms with E-state index >= 15 is 0 Å². The van der Waals surface area contributed by atoms with Crippen LogP contribution in [0.3, 0.4) is 0 Å². The monoisotopic (exact) mass is 334 g/mol. The molecule has 1 aromatic heterocycles. The third-order valence-electron chi connectivity index (χ3n) is 4.69. The number of carbonyl (C=O) groups is 1. The molecule has 2 aliphatic rings. The molecule has 0 spiro atoms. The predicted molar refractivity (Wildman–Crippen MR) is 92.6 cm³/mol. The third kappa shape index (κ3) is 4.44. The van der Waals surface area contributed by atoms with Gasteiger partial charge in [0, 0.05) is 30.5 Å². The van der Waals surface area contributed by atoms with Gasteiger partial charge in [-0.1, -0.05) is 11.8 Å². The summed E-state index contributed by atoms with van der Waals surface area (Å²) in [5.74, 6) is 0.664. The van der Waals surface area contributed by atoms with E-state index in [2.05, 4.69) is 14.9 Å². The minimum absolute atomic E-state index is 0.224. The van der Waals surface area contributed by atoms with Gasteiger partial charge >= 0.3 is 0 Å². The Labute approximate surface area is 142 Å². The van der Waals surface area contributed by atoms with Crippen molar-refractivity contribution in [2.24, 2.45) is 0 Å². The van der Waals surface area contributed by atoms with Crippen molar-refractivity contribution in [1.82, 2.24) is 19.8 Å². The van der Waals surface area contributed by atoms with Crippen molar-refractivity contribution in [2.75, 3.05) is 31.9 Å². The maximum absolute atomic E-state index is 12.5. The zero-order valence-electron chi connectivity index (χ0n) is 14.1. The molecule has 1 atom stereocenters. The van der Waals surface area contributed by atoms with Crippen molar-refractivity contribution in [1.29, 1.82) is 0 Å². The van der Waals surface area contributed by atoms with E-state index in [1.165, 1.54) is 44.1 Å². The molecule has 2 fully saturated rings. The Balaban J connectivity index is 1.53. The van der Waals surface area contributed by atoms with E-state index in [0.717, 1.165) is 30.9 Å². The van der Waals surface area contributed by atoms with E-state index < -0.39 is 0 Å². The fourth-order valence-electron chi connectivity index (χ4n) is 3.56. The summed E-state index contributed by atoms with van der Waals surface area (Å²) in [5.41, 5.74) is 1.92. The topological polar surface area (TPSA) is 49.3 Å². The molecule has 0 radical (unpaired) electrons. The van der Waals surface area contributed by atoms with Gasteiger partial charge < -0.3 is 4.90 Å². The van der Waals surface area contributed by atoms with Crippen molar-refractivity contribution in [3.63, 3.8) is 0 Å². The number of piperidine rings is 1. The van der Waals surface area contributed by atoms with Crippen LogP contribution in [0.4, 0.5) is 0 Å². The maximum atomic E-state index is 12.5. The van der Waals surface area contributed by atoms with Gasteiger partial charge in [0.05, 0.1) is 5.75 Å². The molecule has 0 aromatic carbocycles. The van der Waals surface area contributed by atoms with Crippen LogP contribution in [-0.4, -0.2) is 63.6 Å². The number of carbonyl (C=O) groups excluding carboxylic acids is 1. The van der Waals surface area contributed by atoms with Crippen molar-refractivity contribution in [3.05, 3.63) is 17.5 Å². The highest BCUT2D eigenvalue weighted by molar-refractivity contribution is 7.99. The lowest BCUT2D eigenvalue weighted by atomic mass is 10.0. The highest BCUT2D eigenvalue weighted by Crippen LogP contribution is 2.22. The standard InChI is InChI=1S/C17H26N4OS/c1-13-10-14(2)19-17(18-13)23-12-16(22)21-9-5-6-15(11-21)20-7-3-4-8-20/h10,15H,3-9,11-12H2,1-2H3/t15-/m0/s1. The van der Waals surface area contributed by atoms with Crippen LogP contribution in [0.5, 0.6) is 0 Å². The van der Waals surface area contributed by atoms with Crippen LogP contribution in [0.15, 0.2) is 11.2 Å². The van der Waals surface area contributed by atoms with Crippen molar-refractivity contribution in [2.45, 2.75) is 50.7 Å². The third-order valence-corrected chi connectivity index (χ3v) is 5.52. The molecule has 2 aliphatic heterocycles. The number of hydrogen-bond donors (Lipinski definition) is 0. The molecule has 3 rings (SSSR count). The second-order valence-corrected chi connectivity index (χ2v) is 7.54. The summed E-state index contributed by atoms with van der Waals surface area (Å²) < 4.78 is 0. The van der Waals surface area contributed by atoms with Crippen LogP contribution in [-0.2, 0) is 4.79 Å². The number of amides is 1. The fraction of sp³-hybridized carbons (Fsp3) is 0.706. The predicted octanol–water partition coefficient (Wildman–Crippen LogP) is 2.27. The zero-order chi connectivity index (χ0) is 16.2. The van der Waals surface area contributed by atoms with E-state index in [0.29, 0.717) is 17.0 Å². The maximum Gasteiger partial charge on any atom is 0.233 e. The van der Waals surface area contributed by atoms with E-state index in [1.807, 2.05) is 24.8 Å². The van der Waals surface area contributed by atoms with Gasteiger partial charge in [-0.05, 0) is 58.7 Å². The van der Waals surface area contributed by atoms with Crippen LogP contribution in [0.1, 0.15) is 37.1 Å². The van der Waals surface area contributed by atoms with E-state index in [4.69, 9.17) is 0 Å². The summed E-state index contributed by atoms with van der Waals surface area (Å²) in [5, 5.41) is 0.712. The second kappa shape index (κ2) is 7.62. The number of aryl methyl sites for hydroxylation is 2. The lowest BCUT2D eigenvalue weighted by Crippen LogP contribution is -2.49. The van der Waals surface area contributed by atoms with Gasteiger partial charge in [0.2, 0.25) is 5.91 Å². The number of nitrogens with zero attached hydrogens (tertiary/aromatic N) is 4. The minimum Gasteiger partial charge on any atom is -0.340 e. The molecule has 5 nitrogen and oxygen atoms in total. The molecule has 0 bridgehead atoms. The number of likely N-dealkylation sites (tertiary alicyclic amines) is 2. The summed E-state index contributed by atoms with van der Waals surface area (Å²) in [6, 6.07) is 2.52. The Bertz CT molecular complexity index is 539. The molecule has 2 saturated heterocycles. The molecule has 0 saturated carbocycles. The van der Waals surface area contributed by atoms with Gasteiger partial charge in [-0.15, -0.1) is 0 Å². The van der Waals surface area contributed by atoms with Gasteiger partial charge in [-0.25, -0.2) is 9.97 Å². The van der Waals surface area contributed by atoms with Crippen LogP contribution < -0.4 is 0 Å². The molecule has 6 heteroatoms. The molecular formula is C17H26N4OS. The quantitative estimate of drug-likeness (QED) is 0.624. The average molecular weight is 334 g/mol. The first kappa shape index (κ1) is 16.7. The highest BCUT2D eigenvalue weighted by atomic mass is 32.2. The SMILES string of the molecule is Cc1cc(C)nc(SCC(=O)N2CCC[C@H](N3CCCC3)C2)n1. The first-order valence-corrected chi connectivity index (χ1v) is 9.57. The second-order valence-electron chi connectivity index (χ2n) is 6.60. The molecule has 23 heavy (non-hydrogen) atoms. The van der Waals surface area contributed by atoms with Crippen molar-refractivity contribution < 1.29 is 4.79 Å². The molecular weight excluding hydrogens is 308 g/mol. The first-order valence-electron chi connectivity index (χ1n) is 8.59. The summed E-state index contributed by atoms with van der Waals surface area (Å²) in [6.07, 6.45) is 4.98. The van der Waals surface area contributed by atoms with Gasteiger partial charge in [-0.3, -0.25) is 9.69 Å². The van der Waals surface area contributed by atoms with E-state index in [9.17, 15) is 4.79 Å². The molecule has 0 unspecified atom stereocenters. The van der Waals surface area contributed by atoms with Crippen LogP contribution >= 0.6 is 11.8 Å². The lowest BCUT2D eigenvalue weighted by Gasteiger charge is -2.37. The largest absolute Gasteiger partial charge is 0.340 e. The number of rotatable bonds is 4. The Morgan fingerprint density at radius 2 is 1.87 bits per heavy atom. The van der Waals surface area contributed by atoms with Crippen LogP contribution in [0.25, 0.3) is 0 Å². The normalized spacial score (nSPS) is 22.5. The van der Waals surface area contributed by atoms with E-state index in [1.54, 1.807) is 0 Å². The molecule has 0 aliphatic carbocycles. The Kier molecular flexibility index (Phi) is 5.54. The van der Waals surface area contributed by atoms with Gasteiger partial charge in [-0.2, -0.15) is 0 Å². The Morgan fingerprint density at radius 1 is 1.17 bits per heavy atom. The first-order chi connectivity index (χ1) is 11.1. The van der Waals surface area contributed by atoms with Gasteiger partial charge in [0.1, 0.15) is 0 Å².